The van der Waals surface area contributed by atoms with E-state index in [0.717, 1.165) is 12.8 Å². The Hall–Kier alpha value is -2.98. The molecule has 0 spiro atoms. The van der Waals surface area contributed by atoms with Gasteiger partial charge in [-0.2, -0.15) is 9.29 Å². The van der Waals surface area contributed by atoms with Crippen LogP contribution in [0.1, 0.15) is 29.2 Å². The van der Waals surface area contributed by atoms with Crippen molar-refractivity contribution >= 4 is 21.6 Å². The number of nitrogens with zero attached hydrogens (tertiary/aromatic N) is 4. The van der Waals surface area contributed by atoms with Gasteiger partial charge in [0, 0.05) is 38.8 Å². The van der Waals surface area contributed by atoms with Crippen LogP contribution in [0.15, 0.2) is 45.9 Å². The number of hydrogen-bond donors (Lipinski definition) is 1. The minimum Gasteiger partial charge on any atom is -0.345 e. The van der Waals surface area contributed by atoms with Crippen LogP contribution in [0, 0.1) is 6.92 Å². The number of anilines is 1. The zero-order chi connectivity index (χ0) is 20.6. The SMILES string of the molecule is Cc1nc(-c2ccccc2NC(=O)c2cc(S(=O)(=O)N3CCCC3)cn2C)no1. The molecular formula is C19H21N5O4S. The fourth-order valence-corrected chi connectivity index (χ4v) is 4.95. The van der Waals surface area contributed by atoms with Crippen molar-refractivity contribution in [3.63, 3.8) is 0 Å². The third-order valence-electron chi connectivity index (χ3n) is 4.86. The van der Waals surface area contributed by atoms with Gasteiger partial charge in [-0.15, -0.1) is 0 Å². The number of nitrogens with one attached hydrogen (secondary N) is 1. The number of aromatic nitrogens is 3. The van der Waals surface area contributed by atoms with Gasteiger partial charge in [-0.05, 0) is 31.0 Å². The predicted octanol–water partition coefficient (Wildman–Crippen LogP) is 2.42. The summed E-state index contributed by atoms with van der Waals surface area (Å²) in [5.41, 5.74) is 1.35. The predicted molar refractivity (Wildman–Crippen MR) is 106 cm³/mol. The highest BCUT2D eigenvalue weighted by atomic mass is 32.2. The second-order valence-corrected chi connectivity index (χ2v) is 8.86. The molecule has 1 fully saturated rings. The molecular weight excluding hydrogens is 394 g/mol. The first-order valence-electron chi connectivity index (χ1n) is 9.24. The van der Waals surface area contributed by atoms with Gasteiger partial charge in [-0.25, -0.2) is 8.42 Å². The van der Waals surface area contributed by atoms with E-state index in [1.165, 1.54) is 21.1 Å². The normalized spacial score (nSPS) is 15.0. The third-order valence-corrected chi connectivity index (χ3v) is 6.72. The summed E-state index contributed by atoms with van der Waals surface area (Å²) < 4.78 is 33.5. The number of aryl methyl sites for hydroxylation is 2. The number of amides is 1. The van der Waals surface area contributed by atoms with E-state index >= 15 is 0 Å². The number of carbonyl (C=O) groups excluding carboxylic acids is 1. The van der Waals surface area contributed by atoms with E-state index in [1.807, 2.05) is 0 Å². The lowest BCUT2D eigenvalue weighted by molar-refractivity contribution is 0.101. The number of para-hydroxylation sites is 1. The Morgan fingerprint density at radius 1 is 1.21 bits per heavy atom. The molecule has 3 heterocycles. The highest BCUT2D eigenvalue weighted by Crippen LogP contribution is 2.27. The summed E-state index contributed by atoms with van der Waals surface area (Å²) in [4.78, 5) is 17.2. The van der Waals surface area contributed by atoms with Gasteiger partial charge in [-0.3, -0.25) is 4.79 Å². The molecule has 1 aliphatic heterocycles. The molecule has 3 aromatic rings. The Morgan fingerprint density at radius 3 is 2.62 bits per heavy atom. The van der Waals surface area contributed by atoms with Crippen LogP contribution in [-0.2, 0) is 17.1 Å². The maximum Gasteiger partial charge on any atom is 0.272 e. The Balaban J connectivity index is 1.61. The van der Waals surface area contributed by atoms with Crippen molar-refractivity contribution in [3.05, 3.63) is 48.1 Å². The fourth-order valence-electron chi connectivity index (χ4n) is 3.36. The van der Waals surface area contributed by atoms with E-state index in [0.29, 0.717) is 36.1 Å². The molecule has 1 N–H and O–H groups in total. The Bertz CT molecular complexity index is 1160. The summed E-state index contributed by atoms with van der Waals surface area (Å²) in [6, 6.07) is 8.49. The highest BCUT2D eigenvalue weighted by molar-refractivity contribution is 7.89. The zero-order valence-corrected chi connectivity index (χ0v) is 16.9. The van der Waals surface area contributed by atoms with Crippen LogP contribution in [0.5, 0.6) is 0 Å². The lowest BCUT2D eigenvalue weighted by atomic mass is 10.1. The molecule has 0 radical (unpaired) electrons. The summed E-state index contributed by atoms with van der Waals surface area (Å²) in [5.74, 6) is 0.353. The molecule has 9 nitrogen and oxygen atoms in total. The van der Waals surface area contributed by atoms with Crippen molar-refractivity contribution in [1.82, 2.24) is 19.0 Å². The summed E-state index contributed by atoms with van der Waals surface area (Å²) in [5, 5.41) is 6.72. The van der Waals surface area contributed by atoms with Crippen LogP contribution >= 0.6 is 0 Å². The average molecular weight is 415 g/mol. The van der Waals surface area contributed by atoms with E-state index in [4.69, 9.17) is 4.52 Å². The quantitative estimate of drug-likeness (QED) is 0.685. The van der Waals surface area contributed by atoms with Crippen molar-refractivity contribution in [2.24, 2.45) is 7.05 Å². The molecule has 152 valence electrons. The maximum absolute atomic E-state index is 12.9. The molecule has 0 aliphatic carbocycles. The van der Waals surface area contributed by atoms with Gasteiger partial charge in [0.2, 0.25) is 21.7 Å². The second kappa shape index (κ2) is 7.45. The van der Waals surface area contributed by atoms with Crippen LogP contribution in [0.25, 0.3) is 11.4 Å². The zero-order valence-electron chi connectivity index (χ0n) is 16.1. The molecule has 10 heteroatoms. The maximum atomic E-state index is 12.9. The molecule has 1 aliphatic rings. The van der Waals surface area contributed by atoms with Crippen molar-refractivity contribution in [2.75, 3.05) is 18.4 Å². The first-order chi connectivity index (χ1) is 13.9. The van der Waals surface area contributed by atoms with E-state index in [9.17, 15) is 13.2 Å². The summed E-state index contributed by atoms with van der Waals surface area (Å²) in [6.45, 7) is 2.70. The van der Waals surface area contributed by atoms with Gasteiger partial charge in [0.25, 0.3) is 5.91 Å². The number of hydrogen-bond acceptors (Lipinski definition) is 6. The lowest BCUT2D eigenvalue weighted by Gasteiger charge is -2.13. The van der Waals surface area contributed by atoms with Gasteiger partial charge >= 0.3 is 0 Å². The standard InChI is InChI=1S/C19H21N5O4S/c1-13-20-18(22-28-13)15-7-3-4-8-16(15)21-19(25)17-11-14(12-23(17)2)29(26,27)24-9-5-6-10-24/h3-4,7-8,11-12H,5-6,9-10H2,1-2H3,(H,21,25). The van der Waals surface area contributed by atoms with Crippen molar-refractivity contribution in [3.8, 4) is 11.4 Å². The number of rotatable bonds is 5. The van der Waals surface area contributed by atoms with Crippen molar-refractivity contribution in [2.45, 2.75) is 24.7 Å². The first-order valence-corrected chi connectivity index (χ1v) is 10.7. The molecule has 29 heavy (non-hydrogen) atoms. The summed E-state index contributed by atoms with van der Waals surface area (Å²) in [7, 11) is -1.95. The first kappa shape index (κ1) is 19.3. The number of benzene rings is 1. The van der Waals surface area contributed by atoms with Crippen LogP contribution in [-0.4, -0.2) is 46.4 Å². The van der Waals surface area contributed by atoms with Crippen LogP contribution in [0.4, 0.5) is 5.69 Å². The van der Waals surface area contributed by atoms with Crippen molar-refractivity contribution < 1.29 is 17.7 Å². The van der Waals surface area contributed by atoms with E-state index < -0.39 is 15.9 Å². The molecule has 0 atom stereocenters. The lowest BCUT2D eigenvalue weighted by Crippen LogP contribution is -2.27. The Morgan fingerprint density at radius 2 is 1.93 bits per heavy atom. The van der Waals surface area contributed by atoms with Gasteiger partial charge < -0.3 is 14.4 Å². The molecule has 4 rings (SSSR count). The van der Waals surface area contributed by atoms with Crippen LogP contribution in [0.2, 0.25) is 0 Å². The molecule has 0 saturated carbocycles. The fraction of sp³-hybridized carbons (Fsp3) is 0.316. The Kier molecular flexibility index (Phi) is 4.97. The van der Waals surface area contributed by atoms with Gasteiger partial charge in [0.05, 0.1) is 5.69 Å². The number of carbonyl (C=O) groups is 1. The molecule has 2 aromatic heterocycles. The number of sulfonamides is 1. The molecule has 1 aromatic carbocycles. The van der Waals surface area contributed by atoms with E-state index in [1.54, 1.807) is 38.2 Å². The summed E-state index contributed by atoms with van der Waals surface area (Å²) >= 11 is 0. The third kappa shape index (κ3) is 3.68. The Labute approximate surface area is 168 Å². The highest BCUT2D eigenvalue weighted by Gasteiger charge is 2.29. The monoisotopic (exact) mass is 415 g/mol. The van der Waals surface area contributed by atoms with Gasteiger partial charge in [0.1, 0.15) is 10.6 Å². The van der Waals surface area contributed by atoms with E-state index in [2.05, 4.69) is 15.5 Å². The summed E-state index contributed by atoms with van der Waals surface area (Å²) in [6.07, 6.45) is 3.18. The second-order valence-electron chi connectivity index (χ2n) is 6.92. The largest absolute Gasteiger partial charge is 0.345 e. The minimum atomic E-state index is -3.60. The molecule has 0 unspecified atom stereocenters. The van der Waals surface area contributed by atoms with E-state index in [-0.39, 0.29) is 10.6 Å². The minimum absolute atomic E-state index is 0.120. The average Bonchev–Trinajstić information content (AvgIpc) is 3.43. The molecule has 1 amide bonds. The topological polar surface area (TPSA) is 110 Å². The molecule has 1 saturated heterocycles. The molecule has 0 bridgehead atoms. The van der Waals surface area contributed by atoms with Crippen LogP contribution < -0.4 is 5.32 Å². The van der Waals surface area contributed by atoms with Crippen LogP contribution in [0.3, 0.4) is 0 Å². The van der Waals surface area contributed by atoms with Gasteiger partial charge in [0.15, 0.2) is 0 Å². The smallest absolute Gasteiger partial charge is 0.272 e. The van der Waals surface area contributed by atoms with Gasteiger partial charge in [-0.1, -0.05) is 17.3 Å². The van der Waals surface area contributed by atoms with Crippen molar-refractivity contribution in [1.29, 1.82) is 0 Å².